The second-order valence-corrected chi connectivity index (χ2v) is 17.6. The number of imide groups is 2. The van der Waals surface area contributed by atoms with Crippen LogP contribution in [0, 0.1) is 17.2 Å². The maximum absolute atomic E-state index is 13.6. The molecule has 3 aliphatic heterocycles. The van der Waals surface area contributed by atoms with Gasteiger partial charge in [0, 0.05) is 48.7 Å². The molecule has 1 aromatic heterocycles. The summed E-state index contributed by atoms with van der Waals surface area (Å²) < 4.78 is 41.7. The number of carbonyl (C=O) groups is 5. The number of piperidine rings is 1. The van der Waals surface area contributed by atoms with Crippen molar-refractivity contribution in [2.45, 2.75) is 126 Å². The lowest BCUT2D eigenvalue weighted by Crippen LogP contribution is -2.58. The number of hydrogen-bond acceptors (Lipinski definition) is 10. The van der Waals surface area contributed by atoms with E-state index in [2.05, 4.69) is 39.3 Å². The van der Waals surface area contributed by atoms with Crippen LogP contribution in [0.15, 0.2) is 41.4 Å². The van der Waals surface area contributed by atoms with Crippen molar-refractivity contribution in [1.82, 2.24) is 29.3 Å². The Labute approximate surface area is 353 Å². The molecule has 2 aromatic rings. The van der Waals surface area contributed by atoms with E-state index >= 15 is 0 Å². The third kappa shape index (κ3) is 10.6. The SMILES string of the molecule is C[C@@H]1CN(CCCCC2CCC(N3C(=O)N(Sc4ccc(C#N)c(C(F)(F)F)c4)C(=O)C3(C)C)CC2)C[C@H](C)N1CC(=O)Nc1cc(C2CCC(=O)NC2=O)ccn1.Cl. The quantitative estimate of drug-likeness (QED) is 0.102. The summed E-state index contributed by atoms with van der Waals surface area (Å²) in [7, 11) is 0. The maximum atomic E-state index is 13.6. The Hall–Kier alpha value is -4.24. The first kappa shape index (κ1) is 45.8. The fraction of sp³-hybridized carbons (Fsp3) is 0.585. The highest BCUT2D eigenvalue weighted by Gasteiger charge is 2.54. The van der Waals surface area contributed by atoms with Crippen molar-refractivity contribution in [2.75, 3.05) is 31.5 Å². The summed E-state index contributed by atoms with van der Waals surface area (Å²) in [5.41, 5.74) is -2.07. The number of unbranched alkanes of at least 4 members (excludes halogenated alkanes) is 1. The van der Waals surface area contributed by atoms with Gasteiger partial charge in [-0.15, -0.1) is 12.4 Å². The molecule has 6 rings (SSSR count). The van der Waals surface area contributed by atoms with Gasteiger partial charge in [-0.25, -0.2) is 9.78 Å². The molecular weight excluding hydrogens is 809 g/mol. The van der Waals surface area contributed by atoms with Crippen LogP contribution in [0.25, 0.3) is 0 Å². The minimum absolute atomic E-state index is 0. The Balaban J connectivity index is 0.00000661. The average Bonchev–Trinajstić information content (AvgIpc) is 3.33. The number of amides is 6. The van der Waals surface area contributed by atoms with E-state index in [1.165, 1.54) is 6.07 Å². The summed E-state index contributed by atoms with van der Waals surface area (Å²) in [4.78, 5) is 74.6. The number of rotatable bonds is 12. The van der Waals surface area contributed by atoms with Crippen molar-refractivity contribution in [1.29, 1.82) is 5.26 Å². The first-order chi connectivity index (χ1) is 27.5. The number of alkyl halides is 3. The summed E-state index contributed by atoms with van der Waals surface area (Å²) >= 11 is 0.659. The first-order valence-corrected chi connectivity index (χ1v) is 20.8. The third-order valence-electron chi connectivity index (χ3n) is 12.0. The zero-order valence-electron chi connectivity index (χ0n) is 33.7. The van der Waals surface area contributed by atoms with Gasteiger partial charge in [0.25, 0.3) is 5.91 Å². The molecule has 0 spiro atoms. The fourth-order valence-corrected chi connectivity index (χ4v) is 9.98. The molecule has 4 aliphatic rings. The summed E-state index contributed by atoms with van der Waals surface area (Å²) in [5, 5.41) is 14.4. The van der Waals surface area contributed by atoms with E-state index in [1.807, 2.05) is 0 Å². The van der Waals surface area contributed by atoms with Gasteiger partial charge in [-0.05, 0) is 127 Å². The lowest BCUT2D eigenvalue weighted by atomic mass is 9.81. The molecule has 3 atom stereocenters. The highest BCUT2D eigenvalue weighted by molar-refractivity contribution is 7.98. The highest BCUT2D eigenvalue weighted by atomic mass is 35.5. The largest absolute Gasteiger partial charge is 0.417 e. The van der Waals surface area contributed by atoms with E-state index in [4.69, 9.17) is 5.26 Å². The summed E-state index contributed by atoms with van der Waals surface area (Å²) in [6.45, 7) is 10.5. The van der Waals surface area contributed by atoms with Crippen molar-refractivity contribution < 1.29 is 37.1 Å². The van der Waals surface area contributed by atoms with Crippen LogP contribution in [0.1, 0.15) is 108 Å². The van der Waals surface area contributed by atoms with Crippen molar-refractivity contribution in [3.05, 3.63) is 53.2 Å². The predicted octanol–water partition coefficient (Wildman–Crippen LogP) is 6.73. The molecule has 4 fully saturated rings. The highest BCUT2D eigenvalue weighted by Crippen LogP contribution is 2.43. The molecule has 4 heterocycles. The molecule has 0 radical (unpaired) electrons. The first-order valence-electron chi connectivity index (χ1n) is 20.0. The number of nitrogens with one attached hydrogen (secondary N) is 2. The van der Waals surface area contributed by atoms with Crippen LogP contribution < -0.4 is 10.6 Å². The van der Waals surface area contributed by atoms with E-state index in [-0.39, 0.29) is 66.1 Å². The molecule has 6 amide bonds. The number of benzene rings is 1. The van der Waals surface area contributed by atoms with Gasteiger partial charge >= 0.3 is 12.2 Å². The van der Waals surface area contributed by atoms with Gasteiger partial charge in [-0.1, -0.05) is 12.8 Å². The third-order valence-corrected chi connectivity index (χ3v) is 13.0. The summed E-state index contributed by atoms with van der Waals surface area (Å²) in [6.07, 6.45) is 3.99. The van der Waals surface area contributed by atoms with Gasteiger partial charge in [-0.2, -0.15) is 22.7 Å². The zero-order chi connectivity index (χ0) is 41.9. The topological polar surface area (TPSA) is 159 Å². The molecule has 0 bridgehead atoms. The predicted molar refractivity (Wildman–Crippen MR) is 217 cm³/mol. The van der Waals surface area contributed by atoms with Gasteiger partial charge < -0.3 is 15.1 Å². The van der Waals surface area contributed by atoms with E-state index in [0.29, 0.717) is 35.7 Å². The number of nitriles is 1. The number of aromatic nitrogens is 1. The molecule has 2 N–H and O–H groups in total. The van der Waals surface area contributed by atoms with Crippen molar-refractivity contribution in [3.8, 4) is 6.07 Å². The number of nitrogens with zero attached hydrogens (tertiary/aromatic N) is 6. The van der Waals surface area contributed by atoms with E-state index in [1.54, 1.807) is 43.1 Å². The molecule has 1 saturated carbocycles. The summed E-state index contributed by atoms with van der Waals surface area (Å²) in [5.74, 6) is -0.860. The fourth-order valence-electron chi connectivity index (χ4n) is 9.00. The Bertz CT molecular complexity index is 1940. The van der Waals surface area contributed by atoms with Gasteiger partial charge in [0.05, 0.1) is 29.7 Å². The van der Waals surface area contributed by atoms with E-state index in [0.717, 1.165) is 81.0 Å². The smallest absolute Gasteiger partial charge is 0.310 e. The van der Waals surface area contributed by atoms with Crippen LogP contribution in [0.2, 0.25) is 0 Å². The molecule has 3 saturated heterocycles. The second-order valence-electron chi connectivity index (χ2n) is 16.5. The standard InChI is InChI=1S/C41H51F3N8O5S.ClH/c1-25-22-49(23-26(2)50(25)24-36(54)47-34-19-28(16-17-46-34)32-14-15-35(53)48-37(32)55)18-6-5-7-27-8-11-30(12-9-27)51-39(57)52(38(56)40(51,3)4)58-31-13-10-29(21-45)33(20-31)41(42,43)44;/h10,13,16-17,19-20,25-27,30,32H,5-9,11-12,14-15,18,22-24H2,1-4H3,(H,46,47,54)(H,48,53,55);1H/t25-,26+,27?,30?,32?;. The van der Waals surface area contributed by atoms with Crippen LogP contribution in [0.5, 0.6) is 0 Å². The molecule has 59 heavy (non-hydrogen) atoms. The van der Waals surface area contributed by atoms with Crippen molar-refractivity contribution in [3.63, 3.8) is 0 Å². The van der Waals surface area contributed by atoms with Crippen LogP contribution >= 0.6 is 24.4 Å². The second kappa shape index (κ2) is 19.0. The van der Waals surface area contributed by atoms with E-state index < -0.39 is 40.7 Å². The van der Waals surface area contributed by atoms with E-state index in [9.17, 15) is 37.1 Å². The molecular formula is C41H52ClF3N8O5S. The molecule has 1 aliphatic carbocycles. The Kier molecular flexibility index (Phi) is 14.8. The maximum Gasteiger partial charge on any atom is 0.417 e. The number of anilines is 1. The number of carbonyl (C=O) groups excluding carboxylic acids is 5. The van der Waals surface area contributed by atoms with Gasteiger partial charge in [0.15, 0.2) is 0 Å². The minimum atomic E-state index is -4.75. The van der Waals surface area contributed by atoms with Gasteiger partial charge in [-0.3, -0.25) is 29.4 Å². The monoisotopic (exact) mass is 860 g/mol. The van der Waals surface area contributed by atoms with Crippen molar-refractivity contribution in [2.24, 2.45) is 5.92 Å². The summed E-state index contributed by atoms with van der Waals surface area (Å²) in [6, 6.07) is 7.80. The number of urea groups is 1. The van der Waals surface area contributed by atoms with Crippen LogP contribution in [0.4, 0.5) is 23.8 Å². The van der Waals surface area contributed by atoms with Gasteiger partial charge in [0.1, 0.15) is 11.4 Å². The van der Waals surface area contributed by atoms with Crippen LogP contribution in [-0.4, -0.2) is 103 Å². The number of pyridine rings is 1. The zero-order valence-corrected chi connectivity index (χ0v) is 35.4. The average molecular weight is 861 g/mol. The number of hydrogen-bond donors (Lipinski definition) is 2. The van der Waals surface area contributed by atoms with Crippen LogP contribution in [-0.2, 0) is 25.4 Å². The Morgan fingerprint density at radius 2 is 1.71 bits per heavy atom. The Morgan fingerprint density at radius 3 is 2.36 bits per heavy atom. The normalized spacial score (nSPS) is 25.4. The molecule has 320 valence electrons. The molecule has 13 nitrogen and oxygen atoms in total. The van der Waals surface area contributed by atoms with Gasteiger partial charge in [0.2, 0.25) is 17.7 Å². The van der Waals surface area contributed by atoms with Crippen LogP contribution in [0.3, 0.4) is 0 Å². The number of halogens is 4. The minimum Gasteiger partial charge on any atom is -0.310 e. The Morgan fingerprint density at radius 1 is 1.02 bits per heavy atom. The molecule has 1 unspecified atom stereocenters. The van der Waals surface area contributed by atoms with Crippen molar-refractivity contribution >= 4 is 59.8 Å². The lowest BCUT2D eigenvalue weighted by Gasteiger charge is -2.44. The molecule has 18 heteroatoms. The molecule has 1 aromatic carbocycles. The lowest BCUT2D eigenvalue weighted by molar-refractivity contribution is -0.138. The number of piperazine rings is 1.